The van der Waals surface area contributed by atoms with Crippen molar-refractivity contribution in [2.24, 2.45) is 7.05 Å². The van der Waals surface area contributed by atoms with E-state index in [0.29, 0.717) is 31.7 Å². The Labute approximate surface area is 133 Å². The highest BCUT2D eigenvalue weighted by molar-refractivity contribution is 5.91. The lowest BCUT2D eigenvalue weighted by atomic mass is 10.1. The predicted molar refractivity (Wildman–Crippen MR) is 82.5 cm³/mol. The van der Waals surface area contributed by atoms with Gasteiger partial charge in [-0.25, -0.2) is 0 Å². The Hall–Kier alpha value is -2.57. The number of carbonyl (C=O) groups is 1. The van der Waals surface area contributed by atoms with E-state index in [1.807, 2.05) is 13.0 Å². The minimum Gasteiger partial charge on any atom is -0.490 e. The van der Waals surface area contributed by atoms with Gasteiger partial charge in [-0.2, -0.15) is 0 Å². The first-order chi connectivity index (χ1) is 11.0. The summed E-state index contributed by atoms with van der Waals surface area (Å²) in [5.74, 6) is 0.697. The minimum absolute atomic E-state index is 0.000261. The predicted octanol–water partition coefficient (Wildman–Crippen LogP) is 1.37. The Kier molecular flexibility index (Phi) is 4.18. The Bertz CT molecular complexity index is 743. The molecule has 7 nitrogen and oxygen atoms in total. The van der Waals surface area contributed by atoms with Gasteiger partial charge < -0.3 is 18.7 Å². The van der Waals surface area contributed by atoms with Crippen LogP contribution >= 0.6 is 0 Å². The van der Waals surface area contributed by atoms with Gasteiger partial charge in [-0.15, -0.1) is 0 Å². The van der Waals surface area contributed by atoms with Crippen molar-refractivity contribution >= 4 is 5.91 Å². The molecule has 0 aromatic carbocycles. The topological polar surface area (TPSA) is 77.6 Å². The van der Waals surface area contributed by atoms with Crippen molar-refractivity contribution in [3.63, 3.8) is 0 Å². The van der Waals surface area contributed by atoms with Crippen LogP contribution in [-0.2, 0) is 7.05 Å². The third kappa shape index (κ3) is 3.28. The maximum Gasteiger partial charge on any atom is 0.292 e. The largest absolute Gasteiger partial charge is 0.490 e. The summed E-state index contributed by atoms with van der Waals surface area (Å²) in [6, 6.07) is 4.92. The summed E-state index contributed by atoms with van der Waals surface area (Å²) in [5, 5.41) is 3.55. The van der Waals surface area contributed by atoms with Crippen molar-refractivity contribution in [1.29, 1.82) is 0 Å². The second-order valence-electron chi connectivity index (χ2n) is 5.72. The molecular weight excluding hydrogens is 298 g/mol. The molecule has 0 N–H and O–H groups in total. The molecule has 122 valence electrons. The Balaban J connectivity index is 1.59. The summed E-state index contributed by atoms with van der Waals surface area (Å²) < 4.78 is 12.4. The fourth-order valence-electron chi connectivity index (χ4n) is 2.66. The molecule has 1 fully saturated rings. The molecule has 0 radical (unpaired) electrons. The van der Waals surface area contributed by atoms with E-state index in [0.717, 1.165) is 5.69 Å². The van der Waals surface area contributed by atoms with Crippen LogP contribution in [0.15, 0.2) is 33.7 Å². The number of piperidine rings is 1. The average molecular weight is 317 g/mol. The maximum absolute atomic E-state index is 12.2. The van der Waals surface area contributed by atoms with E-state index in [1.54, 1.807) is 22.6 Å². The molecule has 1 saturated heterocycles. The van der Waals surface area contributed by atoms with Crippen molar-refractivity contribution in [3.8, 4) is 5.75 Å². The van der Waals surface area contributed by atoms with Gasteiger partial charge >= 0.3 is 0 Å². The SMILES string of the molecule is Cc1cc(OC2CCN(C(=O)c3ccno3)CC2)cc(=O)n1C. The summed E-state index contributed by atoms with van der Waals surface area (Å²) in [5.41, 5.74) is 0.767. The van der Waals surface area contributed by atoms with E-state index in [9.17, 15) is 9.59 Å². The third-order valence-corrected chi connectivity index (χ3v) is 4.16. The van der Waals surface area contributed by atoms with Gasteiger partial charge in [-0.3, -0.25) is 9.59 Å². The molecular formula is C16H19N3O4. The van der Waals surface area contributed by atoms with Crippen LogP contribution in [0.1, 0.15) is 29.1 Å². The van der Waals surface area contributed by atoms with Crippen molar-refractivity contribution in [3.05, 3.63) is 46.2 Å². The van der Waals surface area contributed by atoms with Crippen LogP contribution in [0, 0.1) is 6.92 Å². The highest BCUT2D eigenvalue weighted by atomic mass is 16.5. The number of nitrogens with zero attached hydrogens (tertiary/aromatic N) is 3. The van der Waals surface area contributed by atoms with Gasteiger partial charge in [0.1, 0.15) is 11.9 Å². The fourth-order valence-corrected chi connectivity index (χ4v) is 2.66. The van der Waals surface area contributed by atoms with Gasteiger partial charge in [-0.1, -0.05) is 5.16 Å². The molecule has 1 aliphatic heterocycles. The van der Waals surface area contributed by atoms with Crippen molar-refractivity contribution in [2.45, 2.75) is 25.9 Å². The number of pyridine rings is 1. The van der Waals surface area contributed by atoms with Gasteiger partial charge in [0.15, 0.2) is 0 Å². The van der Waals surface area contributed by atoms with Crippen LogP contribution in [0.2, 0.25) is 0 Å². The van der Waals surface area contributed by atoms with Gasteiger partial charge in [0.05, 0.1) is 6.20 Å². The average Bonchev–Trinajstić information content (AvgIpc) is 3.07. The lowest BCUT2D eigenvalue weighted by molar-refractivity contribution is 0.0558. The molecule has 0 unspecified atom stereocenters. The number of aryl methyl sites for hydroxylation is 1. The van der Waals surface area contributed by atoms with Crippen LogP contribution in [0.25, 0.3) is 0 Å². The number of ether oxygens (including phenoxy) is 1. The Morgan fingerprint density at radius 2 is 2.09 bits per heavy atom. The van der Waals surface area contributed by atoms with Crippen molar-refractivity contribution < 1.29 is 14.1 Å². The number of hydrogen-bond donors (Lipinski definition) is 0. The number of rotatable bonds is 3. The van der Waals surface area contributed by atoms with Crippen LogP contribution in [0.3, 0.4) is 0 Å². The van der Waals surface area contributed by atoms with Crippen LogP contribution in [0.4, 0.5) is 0 Å². The Morgan fingerprint density at radius 3 is 2.70 bits per heavy atom. The first kappa shape index (κ1) is 15.3. The van der Waals surface area contributed by atoms with E-state index in [1.165, 1.54) is 12.3 Å². The van der Waals surface area contributed by atoms with Crippen molar-refractivity contribution in [2.75, 3.05) is 13.1 Å². The van der Waals surface area contributed by atoms with Crippen molar-refractivity contribution in [1.82, 2.24) is 14.6 Å². The normalized spacial score (nSPS) is 15.7. The molecule has 2 aromatic heterocycles. The van der Waals surface area contributed by atoms with Gasteiger partial charge in [-0.05, 0) is 13.0 Å². The van der Waals surface area contributed by atoms with E-state index in [2.05, 4.69) is 5.16 Å². The van der Waals surface area contributed by atoms with Gasteiger partial charge in [0.2, 0.25) is 5.76 Å². The lowest BCUT2D eigenvalue weighted by Gasteiger charge is -2.31. The molecule has 0 atom stereocenters. The second-order valence-corrected chi connectivity index (χ2v) is 5.72. The van der Waals surface area contributed by atoms with Crippen LogP contribution in [-0.4, -0.2) is 39.7 Å². The summed E-state index contributed by atoms with van der Waals surface area (Å²) in [6.07, 6.45) is 2.89. The van der Waals surface area contributed by atoms with E-state index in [-0.39, 0.29) is 23.3 Å². The summed E-state index contributed by atoms with van der Waals surface area (Å²) in [4.78, 5) is 25.7. The highest BCUT2D eigenvalue weighted by Gasteiger charge is 2.26. The molecule has 2 aromatic rings. The van der Waals surface area contributed by atoms with E-state index in [4.69, 9.17) is 9.26 Å². The van der Waals surface area contributed by atoms with E-state index >= 15 is 0 Å². The number of aromatic nitrogens is 2. The molecule has 3 heterocycles. The minimum atomic E-state index is -0.148. The summed E-state index contributed by atoms with van der Waals surface area (Å²) >= 11 is 0. The zero-order valence-corrected chi connectivity index (χ0v) is 13.2. The number of likely N-dealkylation sites (tertiary alicyclic amines) is 1. The smallest absolute Gasteiger partial charge is 0.292 e. The van der Waals surface area contributed by atoms with Gasteiger partial charge in [0, 0.05) is 50.8 Å². The third-order valence-electron chi connectivity index (χ3n) is 4.16. The number of hydrogen-bond acceptors (Lipinski definition) is 5. The maximum atomic E-state index is 12.2. The zero-order valence-electron chi connectivity index (χ0n) is 13.2. The standard InChI is InChI=1S/C16H19N3O4/c1-11-9-13(10-15(20)18(11)2)22-12-4-7-19(8-5-12)16(21)14-3-6-17-23-14/h3,6,9-10,12H,4-5,7-8H2,1-2H3. The molecule has 0 aliphatic carbocycles. The molecule has 1 aliphatic rings. The molecule has 3 rings (SSSR count). The highest BCUT2D eigenvalue weighted by Crippen LogP contribution is 2.20. The number of amides is 1. The summed E-state index contributed by atoms with van der Waals surface area (Å²) in [7, 11) is 1.73. The molecule has 1 amide bonds. The zero-order chi connectivity index (χ0) is 16.4. The quantitative estimate of drug-likeness (QED) is 0.854. The van der Waals surface area contributed by atoms with E-state index < -0.39 is 0 Å². The first-order valence-electron chi connectivity index (χ1n) is 7.59. The molecule has 7 heteroatoms. The molecule has 0 bridgehead atoms. The molecule has 0 spiro atoms. The molecule has 23 heavy (non-hydrogen) atoms. The summed E-state index contributed by atoms with van der Waals surface area (Å²) in [6.45, 7) is 3.05. The van der Waals surface area contributed by atoms with Crippen LogP contribution < -0.4 is 10.3 Å². The lowest BCUT2D eigenvalue weighted by Crippen LogP contribution is -2.41. The second kappa shape index (κ2) is 6.28. The monoisotopic (exact) mass is 317 g/mol. The number of carbonyl (C=O) groups excluding carboxylic acids is 1. The van der Waals surface area contributed by atoms with Gasteiger partial charge in [0.25, 0.3) is 11.5 Å². The Morgan fingerprint density at radius 1 is 1.35 bits per heavy atom. The molecule has 0 saturated carbocycles. The first-order valence-corrected chi connectivity index (χ1v) is 7.59. The van der Waals surface area contributed by atoms with Crippen LogP contribution in [0.5, 0.6) is 5.75 Å². The fraction of sp³-hybridized carbons (Fsp3) is 0.438.